The van der Waals surface area contributed by atoms with Crippen LogP contribution in [0.25, 0.3) is 11.3 Å². The molecule has 0 spiro atoms. The van der Waals surface area contributed by atoms with E-state index in [9.17, 15) is 4.79 Å². The summed E-state index contributed by atoms with van der Waals surface area (Å²) in [7, 11) is 0. The van der Waals surface area contributed by atoms with Gasteiger partial charge in [0.25, 0.3) is 5.91 Å². The quantitative estimate of drug-likeness (QED) is 0.888. The lowest BCUT2D eigenvalue weighted by atomic mass is 10.1. The van der Waals surface area contributed by atoms with Gasteiger partial charge in [0.15, 0.2) is 5.76 Å². The summed E-state index contributed by atoms with van der Waals surface area (Å²) in [6, 6.07) is 11.6. The second-order valence-corrected chi connectivity index (χ2v) is 5.89. The van der Waals surface area contributed by atoms with E-state index in [0.29, 0.717) is 18.1 Å². The van der Waals surface area contributed by atoms with Crippen LogP contribution in [0, 0.1) is 0 Å². The molecule has 2 rings (SSSR count). The molecule has 0 unspecified atom stereocenters. The van der Waals surface area contributed by atoms with Crippen molar-refractivity contribution in [2.45, 2.75) is 32.7 Å². The number of amides is 1. The molecule has 0 atom stereocenters. The monoisotopic (exact) mass is 286 g/mol. The maximum Gasteiger partial charge on any atom is 0.287 e. The second-order valence-electron chi connectivity index (χ2n) is 5.89. The molecule has 4 heteroatoms. The highest BCUT2D eigenvalue weighted by molar-refractivity contribution is 5.92. The third-order valence-corrected chi connectivity index (χ3v) is 3.18. The van der Waals surface area contributed by atoms with Crippen molar-refractivity contribution in [2.24, 2.45) is 5.73 Å². The van der Waals surface area contributed by atoms with Crippen molar-refractivity contribution >= 4 is 5.91 Å². The van der Waals surface area contributed by atoms with Crippen molar-refractivity contribution in [1.82, 2.24) is 5.32 Å². The van der Waals surface area contributed by atoms with Gasteiger partial charge in [0.05, 0.1) is 0 Å². The molecule has 0 radical (unpaired) electrons. The van der Waals surface area contributed by atoms with Gasteiger partial charge in [-0.25, -0.2) is 0 Å². The predicted molar refractivity (Wildman–Crippen MR) is 84.1 cm³/mol. The molecule has 0 bridgehead atoms. The molecule has 3 N–H and O–H groups in total. The number of nitrogens with two attached hydrogens (primary N) is 1. The lowest BCUT2D eigenvalue weighted by Gasteiger charge is -2.18. The molecule has 2 aromatic rings. The fourth-order valence-corrected chi connectivity index (χ4v) is 1.91. The third kappa shape index (κ3) is 4.20. The van der Waals surface area contributed by atoms with Crippen molar-refractivity contribution in [3.05, 3.63) is 47.7 Å². The summed E-state index contributed by atoms with van der Waals surface area (Å²) in [6.07, 6.45) is 1.00. The van der Waals surface area contributed by atoms with E-state index in [0.717, 1.165) is 12.0 Å². The van der Waals surface area contributed by atoms with Gasteiger partial charge in [0.1, 0.15) is 5.76 Å². The van der Waals surface area contributed by atoms with E-state index in [2.05, 4.69) is 24.4 Å². The van der Waals surface area contributed by atoms with Crippen molar-refractivity contribution in [3.63, 3.8) is 0 Å². The molecule has 1 aromatic carbocycles. The fraction of sp³-hybridized carbons (Fsp3) is 0.353. The van der Waals surface area contributed by atoms with Crippen LogP contribution in [0.15, 0.2) is 40.8 Å². The number of benzene rings is 1. The normalized spacial score (nSPS) is 11.4. The number of nitrogens with one attached hydrogen (secondary N) is 1. The third-order valence-electron chi connectivity index (χ3n) is 3.18. The van der Waals surface area contributed by atoms with Crippen LogP contribution in [-0.2, 0) is 6.42 Å². The van der Waals surface area contributed by atoms with Crippen LogP contribution in [0.3, 0.4) is 0 Å². The largest absolute Gasteiger partial charge is 0.451 e. The van der Waals surface area contributed by atoms with Crippen molar-refractivity contribution in [2.75, 3.05) is 6.54 Å². The van der Waals surface area contributed by atoms with Gasteiger partial charge < -0.3 is 15.5 Å². The summed E-state index contributed by atoms with van der Waals surface area (Å²) in [5.74, 6) is 0.744. The summed E-state index contributed by atoms with van der Waals surface area (Å²) < 4.78 is 5.62. The number of hydrogen-bond acceptors (Lipinski definition) is 3. The van der Waals surface area contributed by atoms with Gasteiger partial charge in [-0.15, -0.1) is 0 Å². The van der Waals surface area contributed by atoms with Gasteiger partial charge in [-0.2, -0.15) is 0 Å². The average molecular weight is 286 g/mol. The predicted octanol–water partition coefficient (Wildman–Crippen LogP) is 2.98. The zero-order chi connectivity index (χ0) is 15.5. The Labute approximate surface area is 125 Å². The van der Waals surface area contributed by atoms with Crippen molar-refractivity contribution in [1.29, 1.82) is 0 Å². The first-order valence-electron chi connectivity index (χ1n) is 7.15. The highest BCUT2D eigenvalue weighted by Gasteiger charge is 2.16. The molecule has 0 saturated heterocycles. The van der Waals surface area contributed by atoms with Gasteiger partial charge in [-0.05, 0) is 38.0 Å². The molecule has 4 nitrogen and oxygen atoms in total. The van der Waals surface area contributed by atoms with E-state index >= 15 is 0 Å². The Kier molecular flexibility index (Phi) is 4.48. The Morgan fingerprint density at radius 1 is 1.19 bits per heavy atom. The van der Waals surface area contributed by atoms with Crippen LogP contribution in [-0.4, -0.2) is 18.0 Å². The molecular formula is C17H22N2O2. The Hall–Kier alpha value is -2.07. The molecule has 21 heavy (non-hydrogen) atoms. The van der Waals surface area contributed by atoms with Gasteiger partial charge in [-0.1, -0.05) is 31.2 Å². The Bertz CT molecular complexity index is 606. The van der Waals surface area contributed by atoms with E-state index in [1.54, 1.807) is 6.07 Å². The zero-order valence-electron chi connectivity index (χ0n) is 12.8. The number of hydrogen-bond donors (Lipinski definition) is 2. The van der Waals surface area contributed by atoms with Gasteiger partial charge in [-0.3, -0.25) is 4.79 Å². The minimum atomic E-state index is -0.443. The minimum Gasteiger partial charge on any atom is -0.451 e. The summed E-state index contributed by atoms with van der Waals surface area (Å²) >= 11 is 0. The smallest absolute Gasteiger partial charge is 0.287 e. The fourth-order valence-electron chi connectivity index (χ4n) is 1.91. The Morgan fingerprint density at radius 2 is 1.86 bits per heavy atom. The van der Waals surface area contributed by atoms with Crippen molar-refractivity contribution in [3.8, 4) is 11.3 Å². The van der Waals surface area contributed by atoms with Crippen LogP contribution in [0.1, 0.15) is 36.9 Å². The van der Waals surface area contributed by atoms with Crippen molar-refractivity contribution < 1.29 is 9.21 Å². The molecule has 1 amide bonds. The maximum absolute atomic E-state index is 12.0. The Balaban J connectivity index is 2.08. The average Bonchev–Trinajstić information content (AvgIpc) is 2.94. The number of rotatable bonds is 5. The lowest BCUT2D eigenvalue weighted by Crippen LogP contribution is -2.45. The number of carbonyl (C=O) groups is 1. The van der Waals surface area contributed by atoms with Crippen LogP contribution in [0.2, 0.25) is 0 Å². The molecule has 1 aromatic heterocycles. The lowest BCUT2D eigenvalue weighted by molar-refractivity contribution is 0.0919. The van der Waals surface area contributed by atoms with E-state index < -0.39 is 5.54 Å². The minimum absolute atomic E-state index is 0.245. The van der Waals surface area contributed by atoms with Crippen LogP contribution in [0.4, 0.5) is 0 Å². The molecule has 0 fully saturated rings. The van der Waals surface area contributed by atoms with Gasteiger partial charge in [0, 0.05) is 17.6 Å². The SMILES string of the molecule is CCc1ccc(-c2ccc(C(=O)NCC(C)(C)N)o2)cc1. The molecular weight excluding hydrogens is 264 g/mol. The summed E-state index contributed by atoms with van der Waals surface area (Å²) in [6.45, 7) is 6.22. The number of aryl methyl sites for hydroxylation is 1. The van der Waals surface area contributed by atoms with E-state index in [-0.39, 0.29) is 5.91 Å². The molecule has 1 heterocycles. The second kappa shape index (κ2) is 6.14. The topological polar surface area (TPSA) is 68.3 Å². The number of furan rings is 1. The first kappa shape index (κ1) is 15.3. The highest BCUT2D eigenvalue weighted by Crippen LogP contribution is 2.22. The van der Waals surface area contributed by atoms with E-state index in [1.807, 2.05) is 32.0 Å². The Morgan fingerprint density at radius 3 is 2.43 bits per heavy atom. The zero-order valence-corrected chi connectivity index (χ0v) is 12.8. The molecule has 0 aliphatic carbocycles. The summed E-state index contributed by atoms with van der Waals surface area (Å²) in [5, 5.41) is 2.76. The maximum atomic E-state index is 12.0. The van der Waals surface area contributed by atoms with E-state index in [1.165, 1.54) is 5.56 Å². The molecule has 0 saturated carbocycles. The molecule has 112 valence electrons. The first-order chi connectivity index (χ1) is 9.89. The number of carbonyl (C=O) groups excluding carboxylic acids is 1. The van der Waals surface area contributed by atoms with Gasteiger partial charge >= 0.3 is 0 Å². The van der Waals surface area contributed by atoms with Crippen LogP contribution >= 0.6 is 0 Å². The standard InChI is InChI=1S/C17H22N2O2/c1-4-12-5-7-13(8-6-12)14-9-10-15(21-14)16(20)19-11-17(2,3)18/h5-10H,4,11,18H2,1-3H3,(H,19,20). The molecule has 0 aliphatic heterocycles. The van der Waals surface area contributed by atoms with Crippen LogP contribution < -0.4 is 11.1 Å². The summed E-state index contributed by atoms with van der Waals surface area (Å²) in [4.78, 5) is 12.0. The first-order valence-corrected chi connectivity index (χ1v) is 7.15. The highest BCUT2D eigenvalue weighted by atomic mass is 16.3. The molecule has 0 aliphatic rings. The summed E-state index contributed by atoms with van der Waals surface area (Å²) in [5.41, 5.74) is 7.63. The van der Waals surface area contributed by atoms with Gasteiger partial charge in [0.2, 0.25) is 0 Å². The van der Waals surface area contributed by atoms with Crippen LogP contribution in [0.5, 0.6) is 0 Å². The van der Waals surface area contributed by atoms with E-state index in [4.69, 9.17) is 10.2 Å².